The van der Waals surface area contributed by atoms with Gasteiger partial charge in [0.2, 0.25) is 0 Å². The molecule has 0 unspecified atom stereocenters. The molecule has 4 aromatic rings. The zero-order chi connectivity index (χ0) is 58.4. The number of alkyl halides is 24. The van der Waals surface area contributed by atoms with Crippen LogP contribution in [0.15, 0.2) is 83.9 Å². The summed E-state index contributed by atoms with van der Waals surface area (Å²) in [7, 11) is 2.61. The van der Waals surface area contributed by atoms with Crippen molar-refractivity contribution in [2.45, 2.75) is 70.2 Å². The van der Waals surface area contributed by atoms with Gasteiger partial charge in [0.15, 0.2) is 0 Å². The van der Waals surface area contributed by atoms with Gasteiger partial charge in [-0.1, -0.05) is 69.3 Å². The molecule has 0 aliphatic rings. The first-order chi connectivity index (χ1) is 33.4. The van der Waals surface area contributed by atoms with E-state index in [1.165, 1.54) is 14.2 Å². The summed E-state index contributed by atoms with van der Waals surface area (Å²) in [5, 5.41) is 0. The van der Waals surface area contributed by atoms with Gasteiger partial charge in [0.1, 0.15) is 17.5 Å². The van der Waals surface area contributed by atoms with E-state index in [4.69, 9.17) is 9.47 Å². The fourth-order valence-corrected chi connectivity index (χ4v) is 8.71. The number of carbonyl (C=O) groups excluding carboxylic acids is 2. The Bertz CT molecular complexity index is 2310. The molecule has 0 saturated carbocycles. The van der Waals surface area contributed by atoms with Gasteiger partial charge in [0.25, 0.3) is 0 Å². The minimum Gasteiger partial charge on any atom is -0.465 e. The molecule has 30 heteroatoms. The normalized spacial score (nSPS) is 13.5. The highest BCUT2D eigenvalue weighted by atomic mass is 32.2. The second-order valence-corrected chi connectivity index (χ2v) is 19.7. The second-order valence-electron chi connectivity index (χ2n) is 17.4. The summed E-state index contributed by atoms with van der Waals surface area (Å²) >= 11 is 0. The predicted molar refractivity (Wildman–Crippen MR) is 225 cm³/mol. The maximum atomic E-state index is 14.2. The standard InChI is InChI=1S/C32H12BF24.C13H23O4S/c34-25(35,36)13-1-14(26(37,38)39)6-21(5-13)33(22-7-15(27(40,41)42)2-16(8-22)28(43,44)45,23-9-17(29(46,47)48)3-18(10-23)30(49,50)51)24-11-19(31(52,53)54)4-20(12-24)32(55,56)57;1-13(2,3)9(8-18(6)7)10(11(14)16-4)12(15)17-5/h1-12H;8H2,1-7H3/q-1;+1. The molecule has 0 heterocycles. The van der Waals surface area contributed by atoms with Crippen LogP contribution in [-0.2, 0) is 79.4 Å². The molecule has 0 atom stereocenters. The molecule has 0 saturated heterocycles. The van der Waals surface area contributed by atoms with Crippen LogP contribution >= 0.6 is 0 Å². The van der Waals surface area contributed by atoms with Gasteiger partial charge in [0, 0.05) is 5.57 Å². The average Bonchev–Trinajstić information content (AvgIpc) is 3.23. The number of halogens is 24. The highest BCUT2D eigenvalue weighted by Gasteiger charge is 2.47. The predicted octanol–water partition coefficient (Wildman–Crippen LogP) is 12.8. The Morgan fingerprint density at radius 1 is 0.373 bits per heavy atom. The number of rotatable bonds is 8. The third kappa shape index (κ3) is 15.2. The van der Waals surface area contributed by atoms with Crippen LogP contribution in [0.1, 0.15) is 65.3 Å². The number of hydrogen-bond donors (Lipinski definition) is 0. The molecule has 0 N–H and O–H groups in total. The van der Waals surface area contributed by atoms with Crippen molar-refractivity contribution in [3.8, 4) is 0 Å². The van der Waals surface area contributed by atoms with Crippen LogP contribution in [0.2, 0.25) is 0 Å². The van der Waals surface area contributed by atoms with Crippen molar-refractivity contribution in [3.63, 3.8) is 0 Å². The summed E-state index contributed by atoms with van der Waals surface area (Å²) in [6.45, 7) is 5.92. The van der Waals surface area contributed by atoms with E-state index in [1.807, 2.05) is 20.8 Å². The van der Waals surface area contributed by atoms with Gasteiger partial charge in [-0.3, -0.25) is 0 Å². The van der Waals surface area contributed by atoms with Crippen molar-refractivity contribution in [1.82, 2.24) is 0 Å². The Morgan fingerprint density at radius 3 is 0.667 bits per heavy atom. The fourth-order valence-electron chi connectivity index (χ4n) is 7.56. The lowest BCUT2D eigenvalue weighted by Gasteiger charge is -2.46. The van der Waals surface area contributed by atoms with E-state index < -0.39 is 207 Å². The van der Waals surface area contributed by atoms with E-state index in [0.29, 0.717) is 5.75 Å². The molecule has 0 radical (unpaired) electrons. The van der Waals surface area contributed by atoms with E-state index in [0.717, 1.165) is 5.57 Å². The summed E-state index contributed by atoms with van der Waals surface area (Å²) in [6, 6.07) is -8.81. The van der Waals surface area contributed by atoms with E-state index in [9.17, 15) is 115 Å². The fraction of sp³-hybridized carbons (Fsp3) is 0.378. The lowest BCUT2D eigenvalue weighted by atomic mass is 9.12. The molecule has 0 aliphatic heterocycles. The molecular weight excluding hydrogens is 1100 g/mol. The van der Waals surface area contributed by atoms with Crippen molar-refractivity contribution in [2.75, 3.05) is 32.5 Å². The smallest absolute Gasteiger partial charge is 0.416 e. The van der Waals surface area contributed by atoms with Crippen molar-refractivity contribution in [3.05, 3.63) is 128 Å². The molecule has 4 aromatic carbocycles. The molecule has 0 spiro atoms. The molecule has 0 fully saturated rings. The molecule has 416 valence electrons. The Labute approximate surface area is 411 Å². The van der Waals surface area contributed by atoms with E-state index >= 15 is 0 Å². The first-order valence-electron chi connectivity index (χ1n) is 20.2. The maximum absolute atomic E-state index is 14.2. The number of benzene rings is 4. The lowest BCUT2D eigenvalue weighted by Crippen LogP contribution is -2.75. The van der Waals surface area contributed by atoms with Gasteiger partial charge in [-0.05, 0) is 40.6 Å². The number of carbonyl (C=O) groups is 2. The zero-order valence-corrected chi connectivity index (χ0v) is 39.6. The SMILES string of the molecule is COC(=O)C(C(=O)OC)=C(C[S+](C)C)C(C)(C)C.FC(F)(F)c1cc([B-](c2cc(C(F)(F)F)cc(C(F)(F)F)c2)(c2cc(C(F)(F)F)cc(C(F)(F)F)c2)c2cc(C(F)(F)F)cc(C(F)(F)F)c2)cc(C(F)(F)F)c1. The van der Waals surface area contributed by atoms with Gasteiger partial charge in [0.05, 0.1) is 71.2 Å². The van der Waals surface area contributed by atoms with Crippen molar-refractivity contribution in [2.24, 2.45) is 5.41 Å². The molecule has 4 nitrogen and oxygen atoms in total. The van der Waals surface area contributed by atoms with Crippen molar-refractivity contribution >= 4 is 50.8 Å². The number of methoxy groups -OCH3 is 2. The quantitative estimate of drug-likeness (QED) is 0.0336. The summed E-state index contributed by atoms with van der Waals surface area (Å²) < 4.78 is 350. The Balaban J connectivity index is 0.000000699. The van der Waals surface area contributed by atoms with E-state index in [-0.39, 0.29) is 21.9 Å². The van der Waals surface area contributed by atoms with E-state index in [1.54, 1.807) is 0 Å². The second kappa shape index (κ2) is 21.4. The zero-order valence-electron chi connectivity index (χ0n) is 38.8. The summed E-state index contributed by atoms with van der Waals surface area (Å²) in [4.78, 5) is 23.6. The number of ether oxygens (including phenoxy) is 2. The molecule has 4 rings (SSSR count). The van der Waals surface area contributed by atoms with Gasteiger partial charge >= 0.3 is 61.3 Å². The maximum Gasteiger partial charge on any atom is 0.416 e. The Kier molecular flexibility index (Phi) is 18.1. The summed E-state index contributed by atoms with van der Waals surface area (Å²) in [6.07, 6.45) is -50.7. The third-order valence-corrected chi connectivity index (χ3v) is 11.7. The molecule has 75 heavy (non-hydrogen) atoms. The van der Waals surface area contributed by atoms with Crippen LogP contribution in [-0.4, -0.2) is 50.6 Å². The summed E-state index contributed by atoms with van der Waals surface area (Å²) in [5.74, 6) is -0.572. The minimum absolute atomic E-state index is 0.0358. The highest BCUT2D eigenvalue weighted by Crippen LogP contribution is 2.42. The molecule has 0 aliphatic carbocycles. The van der Waals surface area contributed by atoms with Crippen molar-refractivity contribution < 1.29 is 124 Å². The lowest BCUT2D eigenvalue weighted by molar-refractivity contribution is -0.145. The van der Waals surface area contributed by atoms with Crippen LogP contribution in [0.4, 0.5) is 105 Å². The highest BCUT2D eigenvalue weighted by molar-refractivity contribution is 7.95. The summed E-state index contributed by atoms with van der Waals surface area (Å²) in [5.41, 5.74) is -29.7. The van der Waals surface area contributed by atoms with E-state index in [2.05, 4.69) is 12.5 Å². The molecule has 0 aromatic heterocycles. The Hall–Kier alpha value is -5.71. The van der Waals surface area contributed by atoms with Gasteiger partial charge in [-0.25, -0.2) is 9.59 Å². The molecular formula is C45H35BF24O4S. The van der Waals surface area contributed by atoms with Gasteiger partial charge in [-0.15, -0.1) is 0 Å². The number of esters is 2. The largest absolute Gasteiger partial charge is 0.465 e. The van der Waals surface area contributed by atoms with Crippen molar-refractivity contribution in [1.29, 1.82) is 0 Å². The monoisotopic (exact) mass is 1140 g/mol. The average molecular weight is 1140 g/mol. The first kappa shape index (κ1) is 63.6. The van der Waals surface area contributed by atoms with Crippen LogP contribution in [0, 0.1) is 5.41 Å². The van der Waals surface area contributed by atoms with Gasteiger partial charge in [-0.2, -0.15) is 127 Å². The van der Waals surface area contributed by atoms with Gasteiger partial charge < -0.3 is 9.47 Å². The van der Waals surface area contributed by atoms with Crippen LogP contribution in [0.3, 0.4) is 0 Å². The first-order valence-corrected chi connectivity index (χ1v) is 22.4. The topological polar surface area (TPSA) is 52.6 Å². The van der Waals surface area contributed by atoms with Crippen LogP contribution in [0.25, 0.3) is 0 Å². The van der Waals surface area contributed by atoms with Crippen LogP contribution in [0.5, 0.6) is 0 Å². The van der Waals surface area contributed by atoms with Crippen LogP contribution < -0.4 is 21.9 Å². The molecule has 0 amide bonds. The minimum atomic E-state index is -6.13. The Morgan fingerprint density at radius 2 is 0.547 bits per heavy atom. The molecule has 0 bridgehead atoms. The third-order valence-electron chi connectivity index (χ3n) is 10.9. The number of hydrogen-bond acceptors (Lipinski definition) is 4.